The van der Waals surface area contributed by atoms with Gasteiger partial charge in [0.05, 0.1) is 7.11 Å². The van der Waals surface area contributed by atoms with Gasteiger partial charge < -0.3 is 14.0 Å². The minimum absolute atomic E-state index is 0.398. The van der Waals surface area contributed by atoms with Crippen LogP contribution in [0.2, 0.25) is 0 Å². The lowest BCUT2D eigenvalue weighted by molar-refractivity contribution is -0.0798. The van der Waals surface area contributed by atoms with Crippen LogP contribution in [0.25, 0.3) is 0 Å². The van der Waals surface area contributed by atoms with Gasteiger partial charge in [0.25, 0.3) is 0 Å². The molecule has 4 rings (SSSR count). The van der Waals surface area contributed by atoms with Gasteiger partial charge in [-0.05, 0) is 61.7 Å². The Morgan fingerprint density at radius 1 is 1.17 bits per heavy atom. The number of aliphatic hydroxyl groups excluding tert-OH is 1. The van der Waals surface area contributed by atoms with Gasteiger partial charge in [0.15, 0.2) is 0 Å². The van der Waals surface area contributed by atoms with Crippen molar-refractivity contribution in [1.29, 1.82) is 0 Å². The molecule has 0 aromatic carbocycles. The first kappa shape index (κ1) is 18.4. The Morgan fingerprint density at radius 3 is 1.91 bits per heavy atom. The third kappa shape index (κ3) is 4.32. The highest BCUT2D eigenvalue weighted by Gasteiger charge is 2.50. The number of rotatable bonds is 3. The van der Waals surface area contributed by atoms with E-state index in [2.05, 4.69) is 8.92 Å². The Morgan fingerprint density at radius 2 is 1.61 bits per heavy atom. The maximum atomic E-state index is 11.4. The highest BCUT2D eigenvalue weighted by Crippen LogP contribution is 2.59. The van der Waals surface area contributed by atoms with Crippen molar-refractivity contribution in [2.75, 3.05) is 13.7 Å². The van der Waals surface area contributed by atoms with Crippen LogP contribution in [0.1, 0.15) is 38.5 Å². The summed E-state index contributed by atoms with van der Waals surface area (Å²) in [5, 5.41) is 9.43. The SMILES string of the molecule is COC(=O)OS(=O)(=O)C(F)F.OCC12CC3CC(CC(C3)C1)C2. The first-order valence-corrected chi connectivity index (χ1v) is 9.07. The second-order valence-corrected chi connectivity index (χ2v) is 8.38. The second-order valence-electron chi connectivity index (χ2n) is 6.87. The van der Waals surface area contributed by atoms with Crippen molar-refractivity contribution in [2.24, 2.45) is 23.2 Å². The Bertz CT molecular complexity index is 498. The first-order chi connectivity index (χ1) is 10.7. The summed E-state index contributed by atoms with van der Waals surface area (Å²) in [4.78, 5) is 9.97. The van der Waals surface area contributed by atoms with Crippen LogP contribution in [0.4, 0.5) is 13.6 Å². The van der Waals surface area contributed by atoms with E-state index in [1.165, 1.54) is 38.5 Å². The molecule has 0 heterocycles. The smallest absolute Gasteiger partial charge is 0.437 e. The Hall–Kier alpha value is -0.960. The summed E-state index contributed by atoms with van der Waals surface area (Å²) in [5.41, 5.74) is 0.398. The van der Waals surface area contributed by atoms with Crippen LogP contribution in [0.3, 0.4) is 0 Å². The molecule has 0 aromatic heterocycles. The van der Waals surface area contributed by atoms with Crippen LogP contribution in [-0.2, 0) is 19.0 Å². The van der Waals surface area contributed by atoms with Crippen LogP contribution < -0.4 is 0 Å². The van der Waals surface area contributed by atoms with E-state index in [4.69, 9.17) is 0 Å². The minimum atomic E-state index is -5.12. The predicted molar refractivity (Wildman–Crippen MR) is 76.1 cm³/mol. The standard InChI is InChI=1S/C11H18O.C3H4F2O5S/c12-7-11-4-8-1-9(5-11)3-10(2-8)6-11;1-9-3(6)10-11(7,8)2(4)5/h8-10,12H,1-7H2;2H,1H3. The summed E-state index contributed by atoms with van der Waals surface area (Å²) in [6.45, 7) is 0.469. The fourth-order valence-corrected chi connectivity index (χ4v) is 4.98. The number of methoxy groups -OCH3 is 1. The average Bonchev–Trinajstić information content (AvgIpc) is 2.46. The van der Waals surface area contributed by atoms with Gasteiger partial charge in [-0.15, -0.1) is 0 Å². The zero-order valence-electron chi connectivity index (χ0n) is 12.9. The topological polar surface area (TPSA) is 89.9 Å². The van der Waals surface area contributed by atoms with E-state index in [0.717, 1.165) is 24.9 Å². The van der Waals surface area contributed by atoms with E-state index < -0.39 is 22.0 Å². The summed E-state index contributed by atoms with van der Waals surface area (Å²) in [6, 6.07) is 0. The molecule has 9 heteroatoms. The third-order valence-corrected chi connectivity index (χ3v) is 5.87. The van der Waals surface area contributed by atoms with Crippen molar-refractivity contribution in [3.63, 3.8) is 0 Å². The Kier molecular flexibility index (Phi) is 5.50. The number of aliphatic hydroxyl groups is 1. The quantitative estimate of drug-likeness (QED) is 0.617. The molecule has 6 nitrogen and oxygen atoms in total. The van der Waals surface area contributed by atoms with Crippen molar-refractivity contribution in [3.05, 3.63) is 0 Å². The summed E-state index contributed by atoms with van der Waals surface area (Å²) >= 11 is 0. The lowest BCUT2D eigenvalue weighted by Crippen LogP contribution is -2.47. The van der Waals surface area contributed by atoms with Gasteiger partial charge >= 0.3 is 22.0 Å². The predicted octanol–water partition coefficient (Wildman–Crippen LogP) is 2.52. The second kappa shape index (κ2) is 6.88. The maximum Gasteiger partial charge on any atom is 0.524 e. The van der Waals surface area contributed by atoms with Crippen molar-refractivity contribution in [3.8, 4) is 0 Å². The highest BCUT2D eigenvalue weighted by molar-refractivity contribution is 7.87. The summed E-state index contributed by atoms with van der Waals surface area (Å²) in [7, 11) is -4.32. The lowest BCUT2D eigenvalue weighted by atomic mass is 9.50. The van der Waals surface area contributed by atoms with Crippen molar-refractivity contribution in [2.45, 2.75) is 44.3 Å². The van der Waals surface area contributed by atoms with E-state index in [9.17, 15) is 27.1 Å². The monoisotopic (exact) mass is 356 g/mol. The van der Waals surface area contributed by atoms with Crippen molar-refractivity contribution < 1.29 is 36.0 Å². The summed E-state index contributed by atoms with van der Waals surface area (Å²) < 4.78 is 49.7. The Balaban J connectivity index is 0.000000168. The van der Waals surface area contributed by atoms with Crippen molar-refractivity contribution in [1.82, 2.24) is 0 Å². The minimum Gasteiger partial charge on any atom is -0.437 e. The molecular weight excluding hydrogens is 334 g/mol. The molecule has 4 aliphatic carbocycles. The van der Waals surface area contributed by atoms with Gasteiger partial charge in [0, 0.05) is 6.61 Å². The third-order valence-electron chi connectivity index (χ3n) is 5.07. The van der Waals surface area contributed by atoms with Crippen LogP contribution in [0.15, 0.2) is 0 Å². The largest absolute Gasteiger partial charge is 0.524 e. The zero-order valence-corrected chi connectivity index (χ0v) is 13.7. The number of alkyl halides is 2. The van der Waals surface area contributed by atoms with Gasteiger partial charge in [-0.1, -0.05) is 0 Å². The molecule has 23 heavy (non-hydrogen) atoms. The van der Waals surface area contributed by atoms with Crippen LogP contribution in [0.5, 0.6) is 0 Å². The molecule has 4 saturated carbocycles. The van der Waals surface area contributed by atoms with Crippen LogP contribution in [0, 0.1) is 23.2 Å². The summed E-state index contributed by atoms with van der Waals surface area (Å²) in [5.74, 6) is -0.781. The van der Waals surface area contributed by atoms with Crippen LogP contribution >= 0.6 is 0 Å². The molecule has 0 aromatic rings. The number of hydrogen-bond acceptors (Lipinski definition) is 6. The summed E-state index contributed by atoms with van der Waals surface area (Å²) in [6.07, 6.45) is 6.79. The maximum absolute atomic E-state index is 11.4. The molecule has 0 saturated heterocycles. The molecule has 4 aliphatic rings. The molecule has 0 spiro atoms. The normalized spacial score (nSPS) is 34.7. The lowest BCUT2D eigenvalue weighted by Gasteiger charge is -2.56. The molecule has 0 aliphatic heterocycles. The van der Waals surface area contributed by atoms with E-state index in [0.29, 0.717) is 12.0 Å². The molecule has 4 fully saturated rings. The van der Waals surface area contributed by atoms with Gasteiger partial charge in [-0.25, -0.2) is 4.79 Å². The molecule has 0 radical (unpaired) electrons. The van der Waals surface area contributed by atoms with Gasteiger partial charge in [0.1, 0.15) is 0 Å². The van der Waals surface area contributed by atoms with E-state index in [-0.39, 0.29) is 0 Å². The van der Waals surface area contributed by atoms with Gasteiger partial charge in [0.2, 0.25) is 0 Å². The molecular formula is C14H22F2O6S. The number of ether oxygens (including phenoxy) is 1. The molecule has 134 valence electrons. The van der Waals surface area contributed by atoms with E-state index >= 15 is 0 Å². The molecule has 0 atom stereocenters. The van der Waals surface area contributed by atoms with Gasteiger partial charge in [-0.2, -0.15) is 17.2 Å². The fraction of sp³-hybridized carbons (Fsp3) is 0.929. The molecule has 0 unspecified atom stereocenters. The number of carbonyl (C=O) groups is 1. The number of carbonyl (C=O) groups excluding carboxylic acids is 1. The number of halogens is 2. The van der Waals surface area contributed by atoms with Gasteiger partial charge in [-0.3, -0.25) is 0 Å². The molecule has 4 bridgehead atoms. The average molecular weight is 356 g/mol. The fourth-order valence-electron chi connectivity index (χ4n) is 4.65. The zero-order chi connectivity index (χ0) is 17.3. The Labute approximate surface area is 134 Å². The first-order valence-electron chi connectivity index (χ1n) is 7.60. The van der Waals surface area contributed by atoms with Crippen molar-refractivity contribution >= 4 is 16.3 Å². The number of hydrogen-bond donors (Lipinski definition) is 1. The highest BCUT2D eigenvalue weighted by atomic mass is 32.2. The molecule has 1 N–H and O–H groups in total. The van der Waals surface area contributed by atoms with Crippen LogP contribution in [-0.4, -0.2) is 39.2 Å². The molecule has 0 amide bonds. The van der Waals surface area contributed by atoms with E-state index in [1.54, 1.807) is 0 Å². The van der Waals surface area contributed by atoms with E-state index in [1.807, 2.05) is 0 Å².